The minimum absolute atomic E-state index is 0.276. The summed E-state index contributed by atoms with van der Waals surface area (Å²) < 4.78 is 5.96. The van der Waals surface area contributed by atoms with Crippen LogP contribution in [0.3, 0.4) is 0 Å². The van der Waals surface area contributed by atoms with Gasteiger partial charge in [-0.05, 0) is 87.3 Å². The molecule has 1 aromatic rings. The van der Waals surface area contributed by atoms with Gasteiger partial charge in [-0.1, -0.05) is 37.4 Å². The van der Waals surface area contributed by atoms with E-state index in [4.69, 9.17) is 22.7 Å². The number of nitrogens with zero attached hydrogens (tertiary/aromatic N) is 2. The van der Waals surface area contributed by atoms with Crippen LogP contribution in [-0.4, -0.2) is 51.8 Å². The lowest BCUT2D eigenvalue weighted by molar-refractivity contribution is 0.172. The van der Waals surface area contributed by atoms with Gasteiger partial charge < -0.3 is 15.8 Å². The second-order valence-electron chi connectivity index (χ2n) is 8.87. The molecule has 2 atom stereocenters. The van der Waals surface area contributed by atoms with Gasteiger partial charge in [0.1, 0.15) is 12.4 Å². The van der Waals surface area contributed by atoms with Crippen LogP contribution in [-0.2, 0) is 0 Å². The molecule has 172 valence electrons. The quantitative estimate of drug-likeness (QED) is 0.182. The third-order valence-electron chi connectivity index (χ3n) is 6.18. The van der Waals surface area contributed by atoms with E-state index >= 15 is 0 Å². The van der Waals surface area contributed by atoms with Crippen molar-refractivity contribution in [2.45, 2.75) is 69.5 Å². The van der Waals surface area contributed by atoms with Crippen molar-refractivity contribution >= 4 is 49.2 Å². The normalized spacial score (nSPS) is 20.8. The molecule has 0 radical (unpaired) electrons. The Morgan fingerprint density at radius 1 is 1.19 bits per heavy atom. The SMILES string of the molecule is C[C@H](COc1ccc(NC(=S)N=C(N)SCC2(P)CCCCCC2)cc1)N1CCCC1. The average Bonchev–Trinajstić information content (AvgIpc) is 3.21. The summed E-state index contributed by atoms with van der Waals surface area (Å²) in [5.74, 6) is 1.84. The monoisotopic (exact) mass is 480 g/mol. The first-order valence-electron chi connectivity index (χ1n) is 11.5. The van der Waals surface area contributed by atoms with Gasteiger partial charge in [-0.25, -0.2) is 0 Å². The van der Waals surface area contributed by atoms with Crippen LogP contribution < -0.4 is 15.8 Å². The summed E-state index contributed by atoms with van der Waals surface area (Å²) in [6.07, 6.45) is 10.4. The molecule has 8 heteroatoms. The number of likely N-dealkylation sites (tertiary alicyclic amines) is 1. The molecule has 3 rings (SSSR count). The molecule has 1 unspecified atom stereocenters. The van der Waals surface area contributed by atoms with Crippen molar-refractivity contribution in [2.75, 3.05) is 30.8 Å². The number of thioether (sulfide) groups is 1. The zero-order valence-corrected chi connectivity index (χ0v) is 21.4. The summed E-state index contributed by atoms with van der Waals surface area (Å²) in [6.45, 7) is 5.31. The number of amidine groups is 1. The first kappa shape index (κ1) is 24.8. The van der Waals surface area contributed by atoms with Gasteiger partial charge in [0.05, 0.1) is 0 Å². The summed E-state index contributed by atoms with van der Waals surface area (Å²) in [7, 11) is 3.08. The number of hydrogen-bond acceptors (Lipinski definition) is 4. The molecule has 1 heterocycles. The van der Waals surface area contributed by atoms with Crippen LogP contribution in [0.1, 0.15) is 58.3 Å². The lowest BCUT2D eigenvalue weighted by Crippen LogP contribution is -2.34. The molecule has 0 aromatic heterocycles. The number of anilines is 1. The number of rotatable bonds is 7. The molecule has 1 saturated carbocycles. The standard InChI is InChI=1S/C23H37N4OPS2/c1-18(27-14-6-7-15-27)16-28-20-10-8-19(9-11-20)25-22(30)26-21(24)31-17-23(29)12-4-2-3-5-13-23/h8-11,18H,2-7,12-17,29H2,1H3,(H3,24,25,26,30)/t18-/m1/s1. The molecular formula is C23H37N4OPS2. The van der Waals surface area contributed by atoms with E-state index in [0.29, 0.717) is 22.9 Å². The van der Waals surface area contributed by atoms with Gasteiger partial charge >= 0.3 is 0 Å². The summed E-state index contributed by atoms with van der Waals surface area (Å²) >= 11 is 6.99. The molecule has 1 aliphatic heterocycles. The van der Waals surface area contributed by atoms with E-state index in [0.717, 1.165) is 17.2 Å². The maximum Gasteiger partial charge on any atom is 0.199 e. The van der Waals surface area contributed by atoms with Gasteiger partial charge in [-0.2, -0.15) is 4.99 Å². The predicted molar refractivity (Wildman–Crippen MR) is 143 cm³/mol. The molecule has 0 spiro atoms. The zero-order chi connectivity index (χ0) is 22.1. The average molecular weight is 481 g/mol. The highest BCUT2D eigenvalue weighted by Crippen LogP contribution is 2.37. The Labute approximate surface area is 199 Å². The number of benzene rings is 1. The highest BCUT2D eigenvalue weighted by Gasteiger charge is 2.26. The first-order chi connectivity index (χ1) is 14.9. The van der Waals surface area contributed by atoms with E-state index in [1.54, 1.807) is 11.8 Å². The van der Waals surface area contributed by atoms with E-state index in [2.05, 4.69) is 31.4 Å². The van der Waals surface area contributed by atoms with E-state index in [9.17, 15) is 0 Å². The Kier molecular flexibility index (Phi) is 9.89. The highest BCUT2D eigenvalue weighted by atomic mass is 32.2. The minimum Gasteiger partial charge on any atom is -0.492 e. The molecule has 1 aromatic carbocycles. The maximum atomic E-state index is 6.14. The van der Waals surface area contributed by atoms with Gasteiger partial charge in [0, 0.05) is 17.5 Å². The van der Waals surface area contributed by atoms with Crippen molar-refractivity contribution < 1.29 is 4.74 Å². The van der Waals surface area contributed by atoms with E-state index in [1.165, 1.54) is 64.5 Å². The van der Waals surface area contributed by atoms with Gasteiger partial charge in [0.15, 0.2) is 10.3 Å². The van der Waals surface area contributed by atoms with Crippen molar-refractivity contribution in [3.63, 3.8) is 0 Å². The van der Waals surface area contributed by atoms with Crippen LogP contribution in [0.2, 0.25) is 0 Å². The number of ether oxygens (including phenoxy) is 1. The number of thiocarbonyl (C=S) groups is 1. The van der Waals surface area contributed by atoms with Crippen LogP contribution in [0.25, 0.3) is 0 Å². The number of hydrogen-bond donors (Lipinski definition) is 2. The Hall–Kier alpha value is -0.880. The third-order valence-corrected chi connectivity index (χ3v) is 8.56. The fraction of sp³-hybridized carbons (Fsp3) is 0.652. The van der Waals surface area contributed by atoms with E-state index < -0.39 is 0 Å². The van der Waals surface area contributed by atoms with Crippen molar-refractivity contribution in [3.05, 3.63) is 24.3 Å². The van der Waals surface area contributed by atoms with Gasteiger partial charge in [-0.3, -0.25) is 4.90 Å². The fourth-order valence-electron chi connectivity index (χ4n) is 4.22. The summed E-state index contributed by atoms with van der Waals surface area (Å²) in [4.78, 5) is 6.86. The summed E-state index contributed by atoms with van der Waals surface area (Å²) in [5.41, 5.74) is 7.03. The molecule has 2 aliphatic rings. The summed E-state index contributed by atoms with van der Waals surface area (Å²) in [5, 5.41) is 4.34. The second-order valence-corrected chi connectivity index (χ2v) is 11.5. The molecule has 5 nitrogen and oxygen atoms in total. The van der Waals surface area contributed by atoms with Crippen LogP contribution >= 0.6 is 33.2 Å². The molecule has 1 saturated heterocycles. The maximum absolute atomic E-state index is 6.14. The van der Waals surface area contributed by atoms with Crippen molar-refractivity contribution in [2.24, 2.45) is 10.7 Å². The molecule has 3 N–H and O–H groups in total. The van der Waals surface area contributed by atoms with Crippen LogP contribution in [0.15, 0.2) is 29.3 Å². The molecule has 1 aliphatic carbocycles. The van der Waals surface area contributed by atoms with Crippen LogP contribution in [0, 0.1) is 0 Å². The van der Waals surface area contributed by atoms with E-state index in [-0.39, 0.29) is 5.16 Å². The molecule has 31 heavy (non-hydrogen) atoms. The molecule has 0 amide bonds. The lowest BCUT2D eigenvalue weighted by atomic mass is 10.0. The first-order valence-corrected chi connectivity index (χ1v) is 13.4. The van der Waals surface area contributed by atoms with Crippen molar-refractivity contribution in [1.29, 1.82) is 0 Å². The number of nitrogens with one attached hydrogen (secondary N) is 1. The second kappa shape index (κ2) is 12.4. The lowest BCUT2D eigenvalue weighted by Gasteiger charge is -2.27. The van der Waals surface area contributed by atoms with Crippen LogP contribution in [0.5, 0.6) is 5.75 Å². The van der Waals surface area contributed by atoms with E-state index in [1.807, 2.05) is 24.3 Å². The van der Waals surface area contributed by atoms with Gasteiger partial charge in [0.25, 0.3) is 0 Å². The third kappa shape index (κ3) is 8.53. The molecule has 2 fully saturated rings. The minimum atomic E-state index is 0.276. The molecule has 0 bridgehead atoms. The van der Waals surface area contributed by atoms with Gasteiger partial charge in [0.2, 0.25) is 0 Å². The van der Waals surface area contributed by atoms with Crippen molar-refractivity contribution in [1.82, 2.24) is 4.90 Å². The Morgan fingerprint density at radius 2 is 1.84 bits per heavy atom. The smallest absolute Gasteiger partial charge is 0.199 e. The number of aliphatic imine (C=N–C) groups is 1. The summed E-state index contributed by atoms with van der Waals surface area (Å²) in [6, 6.07) is 8.30. The Morgan fingerprint density at radius 3 is 2.48 bits per heavy atom. The highest BCUT2D eigenvalue weighted by molar-refractivity contribution is 8.14. The molecular weight excluding hydrogens is 443 g/mol. The van der Waals surface area contributed by atoms with Gasteiger partial charge in [-0.15, -0.1) is 9.24 Å². The predicted octanol–water partition coefficient (Wildman–Crippen LogP) is 5.26. The zero-order valence-electron chi connectivity index (χ0n) is 18.6. The fourth-order valence-corrected chi connectivity index (χ4v) is 6.03. The van der Waals surface area contributed by atoms with Crippen molar-refractivity contribution in [3.8, 4) is 5.75 Å². The largest absolute Gasteiger partial charge is 0.492 e. The Bertz CT molecular complexity index is 730. The topological polar surface area (TPSA) is 62.9 Å². The number of nitrogens with two attached hydrogens (primary N) is 1. The van der Waals surface area contributed by atoms with Crippen LogP contribution in [0.4, 0.5) is 5.69 Å². The Balaban J connectivity index is 1.41.